The van der Waals surface area contributed by atoms with Crippen LogP contribution in [0, 0.1) is 0 Å². The van der Waals surface area contributed by atoms with Gasteiger partial charge < -0.3 is 4.57 Å². The van der Waals surface area contributed by atoms with E-state index in [0.717, 1.165) is 77.3 Å². The molecule has 0 N–H and O–H groups in total. The van der Waals surface area contributed by atoms with E-state index in [-0.39, 0.29) is 0 Å². The van der Waals surface area contributed by atoms with Crippen LogP contribution < -0.4 is 0 Å². The van der Waals surface area contributed by atoms with Gasteiger partial charge >= 0.3 is 0 Å². The Morgan fingerprint density at radius 1 is 0.290 bits per heavy atom. The van der Waals surface area contributed by atoms with Gasteiger partial charge in [-0.2, -0.15) is 9.97 Å². The minimum Gasteiger partial charge on any atom is -0.306 e. The zero-order chi connectivity index (χ0) is 45.4. The Labute approximate surface area is 401 Å². The van der Waals surface area contributed by atoms with E-state index in [2.05, 4.69) is 221 Å². The highest BCUT2D eigenvalue weighted by Crippen LogP contribution is 2.46. The predicted octanol–water partition coefficient (Wildman–Crippen LogP) is 16.8. The molecule has 322 valence electrons. The van der Waals surface area contributed by atoms with Crippen molar-refractivity contribution in [1.29, 1.82) is 0 Å². The summed E-state index contributed by atoms with van der Waals surface area (Å²) in [5.41, 5.74) is 14.2. The average Bonchev–Trinajstić information content (AvgIpc) is 4.09. The molecule has 0 spiro atoms. The summed E-state index contributed by atoms with van der Waals surface area (Å²) in [4.78, 5) is 16.1. The lowest BCUT2D eigenvalue weighted by Crippen LogP contribution is -2.07. The first-order valence-electron chi connectivity index (χ1n) is 23.3. The smallest absolute Gasteiger partial charge is 0.238 e. The van der Waals surface area contributed by atoms with Crippen molar-refractivity contribution >= 4 is 75.1 Å². The van der Waals surface area contributed by atoms with E-state index in [1.165, 1.54) is 36.7 Å². The molecule has 6 heteroatoms. The molecule has 0 aliphatic rings. The molecule has 0 aliphatic heterocycles. The maximum absolute atomic E-state index is 5.46. The largest absolute Gasteiger partial charge is 0.306 e. The summed E-state index contributed by atoms with van der Waals surface area (Å²) in [5, 5.41) is 7.07. The van der Waals surface area contributed by atoms with Crippen LogP contribution in [0.3, 0.4) is 0 Å². The molecule has 5 nitrogen and oxygen atoms in total. The SMILES string of the molecule is c1ccc(-c2ccc(-c3cc(-n4c5ccccc5c5ccc6c7ccccc7n(-c7nc(-c8ccccc8)nc(-c8cccc(-c9ccccc9)c8)n7)c6c54)c4sc5ccccc5c4c3)cc2)cc1. The minimum atomic E-state index is 0.554. The molecule has 0 saturated carbocycles. The molecule has 4 aromatic heterocycles. The summed E-state index contributed by atoms with van der Waals surface area (Å²) in [6, 6.07) is 84.6. The number of thiophene rings is 1. The molecule has 0 fully saturated rings. The van der Waals surface area contributed by atoms with E-state index < -0.39 is 0 Å². The van der Waals surface area contributed by atoms with Crippen LogP contribution in [0.1, 0.15) is 0 Å². The van der Waals surface area contributed by atoms with Crippen molar-refractivity contribution < 1.29 is 0 Å². The molecule has 0 amide bonds. The molecule has 14 aromatic rings. The molecule has 14 rings (SSSR count). The van der Waals surface area contributed by atoms with E-state index >= 15 is 0 Å². The second-order valence-electron chi connectivity index (χ2n) is 17.6. The standard InChI is InChI=1S/C63H39N5S/c1-4-17-40(18-5-1)42-31-33-43(34-32-42)47-38-53-50-27-12-15-30-57(50)69-60(53)56(39-47)67-54-28-13-10-25-48(54)51-35-36-52-49-26-11-14-29-55(49)68(59(52)58(51)67)63-65-61(44-21-8-3-9-22-44)64-62(66-63)46-24-16-23-45(37-46)41-19-6-2-7-20-41/h1-39H. The van der Waals surface area contributed by atoms with Crippen molar-refractivity contribution in [3.8, 4) is 67.8 Å². The van der Waals surface area contributed by atoms with Crippen LogP contribution in [0.4, 0.5) is 0 Å². The van der Waals surface area contributed by atoms with Crippen LogP contribution in [-0.2, 0) is 0 Å². The zero-order valence-electron chi connectivity index (χ0n) is 37.2. The normalized spacial score (nSPS) is 11.8. The van der Waals surface area contributed by atoms with Crippen molar-refractivity contribution in [2.45, 2.75) is 0 Å². The van der Waals surface area contributed by atoms with Crippen LogP contribution in [0.2, 0.25) is 0 Å². The Balaban J connectivity index is 1.08. The van der Waals surface area contributed by atoms with Gasteiger partial charge in [0, 0.05) is 48.1 Å². The topological polar surface area (TPSA) is 48.5 Å². The number of hydrogen-bond donors (Lipinski definition) is 0. The number of aromatic nitrogens is 5. The fourth-order valence-electron chi connectivity index (χ4n) is 10.4. The van der Waals surface area contributed by atoms with Gasteiger partial charge in [-0.3, -0.25) is 4.57 Å². The average molecular weight is 898 g/mol. The van der Waals surface area contributed by atoms with Gasteiger partial charge in [0.1, 0.15) is 0 Å². The van der Waals surface area contributed by atoms with Crippen molar-refractivity contribution in [3.63, 3.8) is 0 Å². The molecule has 69 heavy (non-hydrogen) atoms. The molecule has 10 aromatic carbocycles. The molecule has 4 heterocycles. The number of nitrogens with zero attached hydrogens (tertiary/aromatic N) is 5. The van der Waals surface area contributed by atoms with Crippen molar-refractivity contribution in [3.05, 3.63) is 237 Å². The third-order valence-electron chi connectivity index (χ3n) is 13.6. The number of para-hydroxylation sites is 2. The van der Waals surface area contributed by atoms with Gasteiger partial charge in [0.2, 0.25) is 5.95 Å². The van der Waals surface area contributed by atoms with E-state index in [4.69, 9.17) is 15.0 Å². The summed E-state index contributed by atoms with van der Waals surface area (Å²) in [6.45, 7) is 0. The first kappa shape index (κ1) is 39.2. The van der Waals surface area contributed by atoms with Crippen LogP contribution in [0.15, 0.2) is 237 Å². The Kier molecular flexibility index (Phi) is 9.00. The van der Waals surface area contributed by atoms with Crippen molar-refractivity contribution in [1.82, 2.24) is 24.1 Å². The van der Waals surface area contributed by atoms with Gasteiger partial charge in [0.05, 0.1) is 32.5 Å². The van der Waals surface area contributed by atoms with Gasteiger partial charge in [-0.05, 0) is 69.8 Å². The van der Waals surface area contributed by atoms with Gasteiger partial charge in [-0.25, -0.2) is 4.98 Å². The third-order valence-corrected chi connectivity index (χ3v) is 14.8. The number of hydrogen-bond acceptors (Lipinski definition) is 4. The third kappa shape index (κ3) is 6.41. The highest BCUT2D eigenvalue weighted by atomic mass is 32.1. The quantitative estimate of drug-likeness (QED) is 0.160. The molecule has 0 unspecified atom stereocenters. The van der Waals surface area contributed by atoms with Crippen LogP contribution >= 0.6 is 11.3 Å². The highest BCUT2D eigenvalue weighted by Gasteiger charge is 2.25. The summed E-state index contributed by atoms with van der Waals surface area (Å²) in [6.07, 6.45) is 0. The number of rotatable bonds is 7. The lowest BCUT2D eigenvalue weighted by atomic mass is 9.98. The molecule has 0 saturated heterocycles. The first-order valence-corrected chi connectivity index (χ1v) is 24.1. The monoisotopic (exact) mass is 897 g/mol. The maximum atomic E-state index is 5.46. The molecule has 0 atom stereocenters. The Hall–Kier alpha value is -8.97. The second-order valence-corrected chi connectivity index (χ2v) is 18.6. The lowest BCUT2D eigenvalue weighted by molar-refractivity contribution is 0.953. The summed E-state index contributed by atoms with van der Waals surface area (Å²) < 4.78 is 7.30. The van der Waals surface area contributed by atoms with E-state index in [9.17, 15) is 0 Å². The number of benzene rings is 10. The van der Waals surface area contributed by atoms with Crippen molar-refractivity contribution in [2.75, 3.05) is 0 Å². The van der Waals surface area contributed by atoms with Gasteiger partial charge in [-0.1, -0.05) is 200 Å². The molecular formula is C63H39N5S. The van der Waals surface area contributed by atoms with Crippen LogP contribution in [0.5, 0.6) is 0 Å². The summed E-state index contributed by atoms with van der Waals surface area (Å²) in [7, 11) is 0. The molecular weight excluding hydrogens is 859 g/mol. The fraction of sp³-hybridized carbons (Fsp3) is 0. The van der Waals surface area contributed by atoms with E-state index in [0.29, 0.717) is 17.6 Å². The lowest BCUT2D eigenvalue weighted by Gasteiger charge is -2.15. The van der Waals surface area contributed by atoms with E-state index in [1.807, 2.05) is 35.6 Å². The predicted molar refractivity (Wildman–Crippen MR) is 289 cm³/mol. The van der Waals surface area contributed by atoms with Gasteiger partial charge in [0.25, 0.3) is 0 Å². The number of fused-ring (bicyclic) bond motifs is 10. The van der Waals surface area contributed by atoms with Crippen LogP contribution in [0.25, 0.3) is 132 Å². The highest BCUT2D eigenvalue weighted by molar-refractivity contribution is 7.26. The molecule has 0 bridgehead atoms. The van der Waals surface area contributed by atoms with Crippen molar-refractivity contribution in [2.24, 2.45) is 0 Å². The van der Waals surface area contributed by atoms with Gasteiger partial charge in [0.15, 0.2) is 11.6 Å². The first-order chi connectivity index (χ1) is 34.2. The summed E-state index contributed by atoms with van der Waals surface area (Å²) >= 11 is 1.86. The minimum absolute atomic E-state index is 0.554. The zero-order valence-corrected chi connectivity index (χ0v) is 38.0. The fourth-order valence-corrected chi connectivity index (χ4v) is 11.6. The maximum Gasteiger partial charge on any atom is 0.238 e. The Morgan fingerprint density at radius 3 is 1.43 bits per heavy atom. The van der Waals surface area contributed by atoms with Crippen LogP contribution in [-0.4, -0.2) is 24.1 Å². The van der Waals surface area contributed by atoms with E-state index in [1.54, 1.807) is 0 Å². The van der Waals surface area contributed by atoms with Gasteiger partial charge in [-0.15, -0.1) is 11.3 Å². The Bertz CT molecular complexity index is 4280. The summed E-state index contributed by atoms with van der Waals surface area (Å²) in [5.74, 6) is 1.77. The molecule has 0 radical (unpaired) electrons. The Morgan fingerprint density at radius 2 is 0.768 bits per heavy atom. The molecule has 0 aliphatic carbocycles. The second kappa shape index (κ2) is 15.8.